The van der Waals surface area contributed by atoms with Gasteiger partial charge >= 0.3 is 0 Å². The van der Waals surface area contributed by atoms with Crippen LogP contribution in [0.3, 0.4) is 0 Å². The highest BCUT2D eigenvalue weighted by Gasteiger charge is 2.20. The molecule has 2 aliphatic heterocycles. The average Bonchev–Trinajstić information content (AvgIpc) is 3.35. The first-order valence-corrected chi connectivity index (χ1v) is 10.9. The Labute approximate surface area is 184 Å². The van der Waals surface area contributed by atoms with Crippen LogP contribution >= 0.6 is 35.3 Å². The van der Waals surface area contributed by atoms with E-state index in [2.05, 4.69) is 32.8 Å². The SMILES string of the molecule is CCc1nc(CN2CCC(CNC(=NC)NCC3CCCO3)CC2)cs1.I. The third-order valence-corrected chi connectivity index (χ3v) is 6.34. The summed E-state index contributed by atoms with van der Waals surface area (Å²) in [4.78, 5) is 11.6. The molecule has 3 rings (SSSR count). The van der Waals surface area contributed by atoms with E-state index < -0.39 is 0 Å². The molecule has 1 atom stereocenters. The lowest BCUT2D eigenvalue weighted by Gasteiger charge is -2.31. The maximum Gasteiger partial charge on any atom is 0.191 e. The van der Waals surface area contributed by atoms with Gasteiger partial charge in [0.05, 0.1) is 16.8 Å². The van der Waals surface area contributed by atoms with Crippen molar-refractivity contribution in [1.82, 2.24) is 20.5 Å². The van der Waals surface area contributed by atoms with Gasteiger partial charge in [0.2, 0.25) is 0 Å². The van der Waals surface area contributed by atoms with Crippen molar-refractivity contribution in [3.63, 3.8) is 0 Å². The molecule has 2 aliphatic rings. The van der Waals surface area contributed by atoms with Gasteiger partial charge in [-0.25, -0.2) is 4.98 Å². The van der Waals surface area contributed by atoms with Gasteiger partial charge in [-0.3, -0.25) is 9.89 Å². The van der Waals surface area contributed by atoms with Crippen LogP contribution in [0.4, 0.5) is 0 Å². The zero-order valence-corrected chi connectivity index (χ0v) is 19.7. The molecule has 1 aromatic heterocycles. The Bertz CT molecular complexity index is 568. The average molecular weight is 507 g/mol. The number of hydrogen-bond donors (Lipinski definition) is 2. The van der Waals surface area contributed by atoms with Gasteiger partial charge in [0.15, 0.2) is 5.96 Å². The number of nitrogens with zero attached hydrogens (tertiary/aromatic N) is 3. The van der Waals surface area contributed by atoms with Crippen molar-refractivity contribution in [2.24, 2.45) is 10.9 Å². The summed E-state index contributed by atoms with van der Waals surface area (Å²) in [5.41, 5.74) is 1.24. The number of likely N-dealkylation sites (tertiary alicyclic amines) is 1. The minimum Gasteiger partial charge on any atom is -0.376 e. The summed E-state index contributed by atoms with van der Waals surface area (Å²) in [5, 5.41) is 10.4. The molecule has 2 fully saturated rings. The van der Waals surface area contributed by atoms with E-state index in [-0.39, 0.29) is 24.0 Å². The van der Waals surface area contributed by atoms with Crippen molar-refractivity contribution in [2.45, 2.75) is 51.7 Å². The van der Waals surface area contributed by atoms with Crippen molar-refractivity contribution in [2.75, 3.05) is 39.8 Å². The standard InChI is InChI=1S/C19H33N5OS.HI/c1-3-18-23-16(14-26-18)13-24-8-6-15(7-9-24)11-21-19(20-2)22-12-17-5-4-10-25-17;/h14-15,17H,3-13H2,1-2H3,(H2,20,21,22);1H. The van der Waals surface area contributed by atoms with Crippen LogP contribution in [0.5, 0.6) is 0 Å². The Hall–Kier alpha value is -0.450. The summed E-state index contributed by atoms with van der Waals surface area (Å²) in [6, 6.07) is 0. The Balaban J connectivity index is 0.00000261. The number of thiazole rings is 1. The summed E-state index contributed by atoms with van der Waals surface area (Å²) in [6.45, 7) is 8.24. The van der Waals surface area contributed by atoms with Crippen molar-refractivity contribution < 1.29 is 4.74 Å². The van der Waals surface area contributed by atoms with E-state index in [1.165, 1.54) is 30.0 Å². The maximum atomic E-state index is 5.66. The van der Waals surface area contributed by atoms with Crippen molar-refractivity contribution in [3.8, 4) is 0 Å². The van der Waals surface area contributed by atoms with E-state index in [4.69, 9.17) is 9.72 Å². The summed E-state index contributed by atoms with van der Waals surface area (Å²) in [6.07, 6.45) is 6.19. The molecule has 8 heteroatoms. The Morgan fingerprint density at radius 2 is 2.07 bits per heavy atom. The summed E-state index contributed by atoms with van der Waals surface area (Å²) >= 11 is 1.79. The third-order valence-electron chi connectivity index (χ3n) is 5.30. The van der Waals surface area contributed by atoms with Crippen LogP contribution in [-0.4, -0.2) is 61.8 Å². The molecular formula is C19H34IN5OS. The fraction of sp³-hybridized carbons (Fsp3) is 0.789. The second kappa shape index (κ2) is 12.2. The molecule has 0 spiro atoms. The lowest BCUT2D eigenvalue weighted by molar-refractivity contribution is 0.113. The zero-order chi connectivity index (χ0) is 18.2. The number of guanidine groups is 1. The molecule has 1 aromatic rings. The summed E-state index contributed by atoms with van der Waals surface area (Å²) in [5.74, 6) is 1.62. The molecule has 0 saturated carbocycles. The first kappa shape index (κ1) is 22.8. The van der Waals surface area contributed by atoms with E-state index in [0.29, 0.717) is 12.0 Å². The molecule has 0 radical (unpaired) electrons. The Morgan fingerprint density at radius 1 is 1.30 bits per heavy atom. The molecule has 0 amide bonds. The predicted octanol–water partition coefficient (Wildman–Crippen LogP) is 2.88. The van der Waals surface area contributed by atoms with Crippen LogP contribution in [0.2, 0.25) is 0 Å². The molecule has 0 bridgehead atoms. The molecule has 3 heterocycles. The number of hydrogen-bond acceptors (Lipinski definition) is 5. The minimum atomic E-state index is 0. The van der Waals surface area contributed by atoms with Gasteiger partial charge in [0.1, 0.15) is 0 Å². The highest BCUT2D eigenvalue weighted by atomic mass is 127. The smallest absolute Gasteiger partial charge is 0.191 e. The lowest BCUT2D eigenvalue weighted by Crippen LogP contribution is -2.44. The second-order valence-corrected chi connectivity index (χ2v) is 8.22. The number of ether oxygens (including phenoxy) is 1. The van der Waals surface area contributed by atoms with E-state index in [0.717, 1.165) is 58.1 Å². The van der Waals surface area contributed by atoms with E-state index >= 15 is 0 Å². The molecule has 154 valence electrons. The van der Waals surface area contributed by atoms with Gasteiger partial charge in [-0.15, -0.1) is 35.3 Å². The zero-order valence-electron chi connectivity index (χ0n) is 16.6. The Morgan fingerprint density at radius 3 is 2.70 bits per heavy atom. The predicted molar refractivity (Wildman–Crippen MR) is 123 cm³/mol. The highest BCUT2D eigenvalue weighted by molar-refractivity contribution is 14.0. The topological polar surface area (TPSA) is 61.8 Å². The summed E-state index contributed by atoms with van der Waals surface area (Å²) in [7, 11) is 1.84. The third kappa shape index (κ3) is 7.47. The number of aliphatic imine (C=N–C) groups is 1. The van der Waals surface area contributed by atoms with Crippen LogP contribution < -0.4 is 10.6 Å². The number of aryl methyl sites for hydroxylation is 1. The number of aromatic nitrogens is 1. The second-order valence-electron chi connectivity index (χ2n) is 7.27. The van der Waals surface area contributed by atoms with E-state index in [1.807, 2.05) is 7.05 Å². The molecule has 0 aromatic carbocycles. The number of piperidine rings is 1. The van der Waals surface area contributed by atoms with E-state index in [9.17, 15) is 0 Å². The first-order valence-electron chi connectivity index (χ1n) is 9.98. The molecule has 1 unspecified atom stereocenters. The van der Waals surface area contributed by atoms with Gasteiger partial charge in [0.25, 0.3) is 0 Å². The lowest BCUT2D eigenvalue weighted by atomic mass is 9.97. The van der Waals surface area contributed by atoms with Crippen LogP contribution in [0.15, 0.2) is 10.4 Å². The molecule has 0 aliphatic carbocycles. The quantitative estimate of drug-likeness (QED) is 0.338. The number of nitrogens with one attached hydrogen (secondary N) is 2. The minimum absolute atomic E-state index is 0. The van der Waals surface area contributed by atoms with Crippen LogP contribution in [0.1, 0.15) is 43.3 Å². The first-order chi connectivity index (χ1) is 12.8. The van der Waals surface area contributed by atoms with Crippen molar-refractivity contribution in [1.29, 1.82) is 0 Å². The fourth-order valence-electron chi connectivity index (χ4n) is 3.64. The van der Waals surface area contributed by atoms with Gasteiger partial charge in [-0.2, -0.15) is 0 Å². The molecule has 6 nitrogen and oxygen atoms in total. The molecule has 2 saturated heterocycles. The van der Waals surface area contributed by atoms with Gasteiger partial charge in [-0.05, 0) is 51.1 Å². The maximum absolute atomic E-state index is 5.66. The van der Waals surface area contributed by atoms with Gasteiger partial charge in [-0.1, -0.05) is 6.92 Å². The van der Waals surface area contributed by atoms with Crippen molar-refractivity contribution >= 4 is 41.3 Å². The normalized spacial score (nSPS) is 21.9. The van der Waals surface area contributed by atoms with E-state index in [1.54, 1.807) is 11.3 Å². The number of halogens is 1. The fourth-order valence-corrected chi connectivity index (χ4v) is 4.38. The Kier molecular flexibility index (Phi) is 10.3. The highest BCUT2D eigenvalue weighted by Crippen LogP contribution is 2.19. The largest absolute Gasteiger partial charge is 0.376 e. The number of rotatable bonds is 7. The monoisotopic (exact) mass is 507 g/mol. The summed E-state index contributed by atoms with van der Waals surface area (Å²) < 4.78 is 5.66. The molecule has 27 heavy (non-hydrogen) atoms. The van der Waals surface area contributed by atoms with Crippen LogP contribution in [0, 0.1) is 5.92 Å². The molecular weight excluding hydrogens is 473 g/mol. The molecule has 2 N–H and O–H groups in total. The van der Waals surface area contributed by atoms with Crippen molar-refractivity contribution in [3.05, 3.63) is 16.1 Å². The van der Waals surface area contributed by atoms with Gasteiger partial charge in [0, 0.05) is 38.7 Å². The van der Waals surface area contributed by atoms with Gasteiger partial charge < -0.3 is 15.4 Å². The van der Waals surface area contributed by atoms with Crippen LogP contribution in [-0.2, 0) is 17.7 Å². The van der Waals surface area contributed by atoms with Crippen LogP contribution in [0.25, 0.3) is 0 Å².